The molecule has 0 radical (unpaired) electrons. The molecule has 2 nitrogen and oxygen atoms in total. The van der Waals surface area contributed by atoms with Gasteiger partial charge in [0.1, 0.15) is 5.82 Å². The molecule has 0 heterocycles. The van der Waals surface area contributed by atoms with Gasteiger partial charge in [-0.2, -0.15) is 0 Å². The molecule has 0 spiro atoms. The molecule has 3 heteroatoms. The first kappa shape index (κ1) is 14.3. The van der Waals surface area contributed by atoms with Crippen LogP contribution in [0.3, 0.4) is 0 Å². The van der Waals surface area contributed by atoms with E-state index < -0.39 is 0 Å². The molecular formula is C16H25FN2. The number of nitrogens with one attached hydrogen (secondary N) is 1. The molecule has 106 valence electrons. The monoisotopic (exact) mass is 264 g/mol. The Morgan fingerprint density at radius 3 is 2.79 bits per heavy atom. The van der Waals surface area contributed by atoms with Gasteiger partial charge >= 0.3 is 0 Å². The summed E-state index contributed by atoms with van der Waals surface area (Å²) in [6.07, 6.45) is 4.73. The molecule has 0 aliphatic heterocycles. The Morgan fingerprint density at radius 2 is 2.16 bits per heavy atom. The highest BCUT2D eigenvalue weighted by Crippen LogP contribution is 2.27. The maximum Gasteiger partial charge on any atom is 0.129 e. The molecular weight excluding hydrogens is 239 g/mol. The minimum Gasteiger partial charge on any atom is -0.372 e. The third-order valence-electron chi connectivity index (χ3n) is 3.99. The number of anilines is 1. The van der Waals surface area contributed by atoms with Gasteiger partial charge in [0, 0.05) is 36.9 Å². The zero-order chi connectivity index (χ0) is 13.8. The molecule has 1 unspecified atom stereocenters. The second kappa shape index (κ2) is 6.38. The lowest BCUT2D eigenvalue weighted by molar-refractivity contribution is 0.575. The van der Waals surface area contributed by atoms with Crippen LogP contribution < -0.4 is 10.2 Å². The Labute approximate surface area is 116 Å². The zero-order valence-corrected chi connectivity index (χ0v) is 12.2. The number of hydrogen-bond donors (Lipinski definition) is 1. The van der Waals surface area contributed by atoms with E-state index in [0.29, 0.717) is 18.6 Å². The first-order valence-electron chi connectivity index (χ1n) is 7.37. The van der Waals surface area contributed by atoms with Gasteiger partial charge in [-0.05, 0) is 38.3 Å². The summed E-state index contributed by atoms with van der Waals surface area (Å²) in [5, 5.41) is 3.41. The van der Waals surface area contributed by atoms with Gasteiger partial charge in [-0.15, -0.1) is 0 Å². The van der Waals surface area contributed by atoms with Gasteiger partial charge in [-0.1, -0.05) is 19.4 Å². The van der Waals surface area contributed by atoms with Gasteiger partial charge < -0.3 is 10.2 Å². The summed E-state index contributed by atoms with van der Waals surface area (Å²) < 4.78 is 14.1. The second-order valence-corrected chi connectivity index (χ2v) is 5.64. The summed E-state index contributed by atoms with van der Waals surface area (Å²) >= 11 is 0. The van der Waals surface area contributed by atoms with E-state index in [1.807, 2.05) is 6.07 Å². The minimum absolute atomic E-state index is 0.0961. The zero-order valence-electron chi connectivity index (χ0n) is 12.2. The Kier molecular flexibility index (Phi) is 4.81. The van der Waals surface area contributed by atoms with E-state index in [-0.39, 0.29) is 5.82 Å². The van der Waals surface area contributed by atoms with E-state index in [9.17, 15) is 4.39 Å². The molecule has 19 heavy (non-hydrogen) atoms. The first-order chi connectivity index (χ1) is 9.13. The molecule has 1 aromatic carbocycles. The van der Waals surface area contributed by atoms with Crippen LogP contribution in [0.4, 0.5) is 10.1 Å². The number of halogens is 1. The maximum absolute atomic E-state index is 14.1. The van der Waals surface area contributed by atoms with Crippen molar-refractivity contribution < 1.29 is 4.39 Å². The van der Waals surface area contributed by atoms with Crippen LogP contribution >= 0.6 is 0 Å². The van der Waals surface area contributed by atoms with E-state index in [1.165, 1.54) is 12.8 Å². The van der Waals surface area contributed by atoms with Crippen molar-refractivity contribution >= 4 is 5.69 Å². The molecule has 1 saturated carbocycles. The summed E-state index contributed by atoms with van der Waals surface area (Å²) in [6, 6.07) is 6.43. The molecule has 1 aromatic rings. The Balaban J connectivity index is 2.14. The van der Waals surface area contributed by atoms with Crippen molar-refractivity contribution in [2.45, 2.75) is 58.2 Å². The van der Waals surface area contributed by atoms with Gasteiger partial charge in [0.15, 0.2) is 0 Å². The Morgan fingerprint density at radius 1 is 1.42 bits per heavy atom. The fraction of sp³-hybridized carbons (Fsp3) is 0.625. The van der Waals surface area contributed by atoms with Gasteiger partial charge in [0.25, 0.3) is 0 Å². The third kappa shape index (κ3) is 3.69. The van der Waals surface area contributed by atoms with Crippen molar-refractivity contribution in [2.24, 2.45) is 0 Å². The lowest BCUT2D eigenvalue weighted by Gasteiger charge is -2.29. The predicted octanol–water partition coefficient (Wildman–Crippen LogP) is 3.70. The van der Waals surface area contributed by atoms with Gasteiger partial charge in [0.05, 0.1) is 0 Å². The Hall–Kier alpha value is -1.09. The molecule has 1 aliphatic rings. The molecule has 1 fully saturated rings. The van der Waals surface area contributed by atoms with Crippen molar-refractivity contribution in [3.05, 3.63) is 29.6 Å². The van der Waals surface area contributed by atoms with E-state index >= 15 is 0 Å². The largest absolute Gasteiger partial charge is 0.372 e. The fourth-order valence-corrected chi connectivity index (χ4v) is 2.44. The van der Waals surface area contributed by atoms with Crippen LogP contribution in [0.2, 0.25) is 0 Å². The highest BCUT2D eigenvalue weighted by Gasteiger charge is 2.22. The van der Waals surface area contributed by atoms with Crippen LogP contribution in [0.5, 0.6) is 0 Å². The molecule has 0 aromatic heterocycles. The molecule has 0 bridgehead atoms. The number of hydrogen-bond acceptors (Lipinski definition) is 2. The number of rotatable bonds is 7. The fourth-order valence-electron chi connectivity index (χ4n) is 2.44. The van der Waals surface area contributed by atoms with Crippen molar-refractivity contribution in [1.29, 1.82) is 0 Å². The van der Waals surface area contributed by atoms with E-state index in [1.54, 1.807) is 12.1 Å². The highest BCUT2D eigenvalue weighted by atomic mass is 19.1. The average molecular weight is 264 g/mol. The molecule has 0 saturated heterocycles. The number of nitrogens with zero attached hydrogens (tertiary/aromatic N) is 1. The highest BCUT2D eigenvalue weighted by molar-refractivity contribution is 5.54. The molecule has 1 aliphatic carbocycles. The van der Waals surface area contributed by atoms with Crippen molar-refractivity contribution in [1.82, 2.24) is 5.32 Å². The van der Waals surface area contributed by atoms with Gasteiger partial charge in [-0.25, -0.2) is 4.39 Å². The summed E-state index contributed by atoms with van der Waals surface area (Å²) in [5.74, 6) is -0.0961. The van der Waals surface area contributed by atoms with Crippen molar-refractivity contribution in [3.8, 4) is 0 Å². The maximum atomic E-state index is 14.1. The van der Waals surface area contributed by atoms with Crippen LogP contribution in [0.25, 0.3) is 0 Å². The third-order valence-corrected chi connectivity index (χ3v) is 3.99. The van der Waals surface area contributed by atoms with Crippen LogP contribution in [-0.4, -0.2) is 19.1 Å². The molecule has 2 rings (SSSR count). The number of benzene rings is 1. The standard InChI is InChI=1S/C16H25FN2/c1-4-6-12(2)19(3)16-8-5-7-15(17)14(16)11-18-13-9-10-13/h5,7-8,12-13,18H,4,6,9-11H2,1-3H3. The topological polar surface area (TPSA) is 15.3 Å². The van der Waals surface area contributed by atoms with Gasteiger partial charge in [-0.3, -0.25) is 0 Å². The summed E-state index contributed by atoms with van der Waals surface area (Å²) in [4.78, 5) is 2.20. The SMILES string of the molecule is CCCC(C)N(C)c1cccc(F)c1CNC1CC1. The quantitative estimate of drug-likeness (QED) is 0.807. The van der Waals surface area contributed by atoms with Crippen LogP contribution in [-0.2, 0) is 6.54 Å². The van der Waals surface area contributed by atoms with E-state index in [2.05, 4.69) is 31.1 Å². The smallest absolute Gasteiger partial charge is 0.129 e. The van der Waals surface area contributed by atoms with E-state index in [4.69, 9.17) is 0 Å². The van der Waals surface area contributed by atoms with Crippen LogP contribution in [0.15, 0.2) is 18.2 Å². The molecule has 1 N–H and O–H groups in total. The molecule has 1 atom stereocenters. The van der Waals surface area contributed by atoms with E-state index in [0.717, 1.165) is 24.1 Å². The summed E-state index contributed by atoms with van der Waals surface area (Å²) in [7, 11) is 2.07. The van der Waals surface area contributed by atoms with Crippen molar-refractivity contribution in [2.75, 3.05) is 11.9 Å². The molecule has 0 amide bonds. The lowest BCUT2D eigenvalue weighted by atomic mass is 10.1. The lowest BCUT2D eigenvalue weighted by Crippen LogP contribution is -2.30. The minimum atomic E-state index is -0.0961. The second-order valence-electron chi connectivity index (χ2n) is 5.64. The van der Waals surface area contributed by atoms with Gasteiger partial charge in [0.2, 0.25) is 0 Å². The summed E-state index contributed by atoms with van der Waals surface area (Å²) in [5.41, 5.74) is 1.83. The normalized spacial score (nSPS) is 16.4. The first-order valence-corrected chi connectivity index (χ1v) is 7.37. The van der Waals surface area contributed by atoms with Crippen LogP contribution in [0, 0.1) is 5.82 Å². The van der Waals surface area contributed by atoms with Crippen LogP contribution in [0.1, 0.15) is 45.1 Å². The Bertz CT molecular complexity index is 415. The average Bonchev–Trinajstić information content (AvgIpc) is 3.20. The predicted molar refractivity (Wildman–Crippen MR) is 79.0 cm³/mol. The summed E-state index contributed by atoms with van der Waals surface area (Å²) in [6.45, 7) is 5.02. The van der Waals surface area contributed by atoms with Crippen molar-refractivity contribution in [3.63, 3.8) is 0 Å².